The van der Waals surface area contributed by atoms with Gasteiger partial charge < -0.3 is 19.7 Å². The van der Waals surface area contributed by atoms with Crippen molar-refractivity contribution in [1.29, 1.82) is 0 Å². The average Bonchev–Trinajstić information content (AvgIpc) is 2.37. The Bertz CT molecular complexity index is 619. The van der Waals surface area contributed by atoms with E-state index in [4.69, 9.17) is 9.47 Å². The number of phenols is 2. The third kappa shape index (κ3) is 1.54. The van der Waals surface area contributed by atoms with Gasteiger partial charge in [0.05, 0.1) is 7.11 Å². The van der Waals surface area contributed by atoms with Gasteiger partial charge in [0.25, 0.3) is 0 Å². The second-order valence-electron chi connectivity index (χ2n) is 4.15. The van der Waals surface area contributed by atoms with Crippen molar-refractivity contribution in [3.63, 3.8) is 0 Å². The highest BCUT2D eigenvalue weighted by atomic mass is 16.5. The van der Waals surface area contributed by atoms with E-state index in [1.165, 1.54) is 0 Å². The summed E-state index contributed by atoms with van der Waals surface area (Å²) in [5.74, 6) is 1.46. The highest BCUT2D eigenvalue weighted by Crippen LogP contribution is 2.45. The number of ether oxygens (including phenoxy) is 2. The molecule has 4 nitrogen and oxygen atoms in total. The van der Waals surface area contributed by atoms with Crippen LogP contribution < -0.4 is 9.47 Å². The topological polar surface area (TPSA) is 58.9 Å². The molecule has 92 valence electrons. The van der Waals surface area contributed by atoms with Crippen LogP contribution in [0.1, 0.15) is 5.56 Å². The Morgan fingerprint density at radius 2 is 2.00 bits per heavy atom. The summed E-state index contributed by atoms with van der Waals surface area (Å²) in [5.41, 5.74) is 2.37. The minimum absolute atomic E-state index is 0.144. The predicted octanol–water partition coefficient (Wildman–Crippen LogP) is 2.67. The molecule has 0 unspecified atom stereocenters. The van der Waals surface area contributed by atoms with Gasteiger partial charge in [-0.05, 0) is 18.2 Å². The van der Waals surface area contributed by atoms with E-state index in [9.17, 15) is 10.2 Å². The van der Waals surface area contributed by atoms with E-state index in [0.717, 1.165) is 16.7 Å². The van der Waals surface area contributed by atoms with Crippen LogP contribution in [0.5, 0.6) is 23.0 Å². The quantitative estimate of drug-likeness (QED) is 0.809. The van der Waals surface area contributed by atoms with Gasteiger partial charge in [-0.1, -0.05) is 0 Å². The third-order valence-corrected chi connectivity index (χ3v) is 3.03. The monoisotopic (exact) mass is 244 g/mol. The van der Waals surface area contributed by atoms with Gasteiger partial charge in [-0.15, -0.1) is 0 Å². The van der Waals surface area contributed by atoms with Crippen LogP contribution in [0.25, 0.3) is 11.1 Å². The maximum atomic E-state index is 10.1. The summed E-state index contributed by atoms with van der Waals surface area (Å²) in [7, 11) is 1.55. The van der Waals surface area contributed by atoms with E-state index < -0.39 is 0 Å². The highest BCUT2D eigenvalue weighted by Gasteiger charge is 2.21. The molecule has 0 fully saturated rings. The van der Waals surface area contributed by atoms with Crippen LogP contribution in [0.2, 0.25) is 0 Å². The number of methoxy groups -OCH3 is 1. The first-order valence-corrected chi connectivity index (χ1v) is 5.55. The Kier molecular flexibility index (Phi) is 2.30. The fraction of sp³-hybridized carbons (Fsp3) is 0.143. The summed E-state index contributed by atoms with van der Waals surface area (Å²) < 4.78 is 10.7. The van der Waals surface area contributed by atoms with Gasteiger partial charge in [0.2, 0.25) is 0 Å². The van der Waals surface area contributed by atoms with Crippen LogP contribution in [-0.2, 0) is 6.61 Å². The minimum Gasteiger partial charge on any atom is -0.508 e. The van der Waals surface area contributed by atoms with Crippen molar-refractivity contribution in [3.05, 3.63) is 35.9 Å². The first-order valence-electron chi connectivity index (χ1n) is 5.55. The third-order valence-electron chi connectivity index (χ3n) is 3.03. The van der Waals surface area contributed by atoms with Crippen molar-refractivity contribution >= 4 is 0 Å². The Labute approximate surface area is 104 Å². The molecule has 0 amide bonds. The summed E-state index contributed by atoms with van der Waals surface area (Å²) in [4.78, 5) is 0. The number of benzene rings is 2. The zero-order valence-corrected chi connectivity index (χ0v) is 9.80. The van der Waals surface area contributed by atoms with Crippen LogP contribution in [0.3, 0.4) is 0 Å². The van der Waals surface area contributed by atoms with Gasteiger partial charge in [0.15, 0.2) is 0 Å². The molecular formula is C14H12O4. The second-order valence-corrected chi connectivity index (χ2v) is 4.15. The molecule has 1 heterocycles. The number of rotatable bonds is 1. The van der Waals surface area contributed by atoms with Crippen LogP contribution in [0.4, 0.5) is 0 Å². The zero-order chi connectivity index (χ0) is 12.7. The number of hydrogen-bond acceptors (Lipinski definition) is 4. The first kappa shape index (κ1) is 10.8. The van der Waals surface area contributed by atoms with E-state index in [1.54, 1.807) is 31.4 Å². The molecule has 2 N–H and O–H groups in total. The Morgan fingerprint density at radius 3 is 2.78 bits per heavy atom. The zero-order valence-electron chi connectivity index (χ0n) is 9.80. The maximum absolute atomic E-state index is 10.1. The fourth-order valence-electron chi connectivity index (χ4n) is 2.19. The molecule has 18 heavy (non-hydrogen) atoms. The molecule has 0 radical (unpaired) electrons. The average molecular weight is 244 g/mol. The van der Waals surface area contributed by atoms with Crippen molar-refractivity contribution in [3.8, 4) is 34.1 Å². The number of phenolic OH excluding ortho intramolecular Hbond substituents is 2. The molecule has 0 saturated heterocycles. The molecule has 3 rings (SSSR count). The molecule has 1 aliphatic heterocycles. The molecule has 0 aliphatic carbocycles. The summed E-state index contributed by atoms with van der Waals surface area (Å²) in [6.45, 7) is 0.344. The van der Waals surface area contributed by atoms with Crippen LogP contribution in [-0.4, -0.2) is 17.3 Å². The minimum atomic E-state index is 0.144. The normalized spacial score (nSPS) is 12.3. The number of aromatic hydroxyl groups is 2. The van der Waals surface area contributed by atoms with Gasteiger partial charge in [-0.2, -0.15) is 0 Å². The second kappa shape index (κ2) is 3.84. The molecule has 0 bridgehead atoms. The SMILES string of the molecule is COc1cc(O)c2c(c1)COc1cc(O)ccc1-2. The van der Waals surface area contributed by atoms with Crippen LogP contribution in [0.15, 0.2) is 30.3 Å². The Morgan fingerprint density at radius 1 is 1.17 bits per heavy atom. The van der Waals surface area contributed by atoms with Crippen molar-refractivity contribution in [2.75, 3.05) is 7.11 Å². The Balaban J connectivity index is 2.24. The number of fused-ring (bicyclic) bond motifs is 3. The predicted molar refractivity (Wildman–Crippen MR) is 66.1 cm³/mol. The highest BCUT2D eigenvalue weighted by molar-refractivity contribution is 5.81. The molecular weight excluding hydrogens is 232 g/mol. The molecule has 0 saturated carbocycles. The van der Waals surface area contributed by atoms with Gasteiger partial charge >= 0.3 is 0 Å². The maximum Gasteiger partial charge on any atom is 0.131 e. The summed E-state index contributed by atoms with van der Waals surface area (Å²) in [6.07, 6.45) is 0. The van der Waals surface area contributed by atoms with Gasteiger partial charge in [-0.25, -0.2) is 0 Å². The van der Waals surface area contributed by atoms with E-state index in [1.807, 2.05) is 6.07 Å². The summed E-state index contributed by atoms with van der Waals surface area (Å²) in [5, 5.41) is 19.5. The van der Waals surface area contributed by atoms with Gasteiger partial charge in [-0.3, -0.25) is 0 Å². The lowest BCUT2D eigenvalue weighted by Gasteiger charge is -2.22. The van der Waals surface area contributed by atoms with Crippen molar-refractivity contribution in [2.24, 2.45) is 0 Å². The smallest absolute Gasteiger partial charge is 0.131 e. The molecule has 4 heteroatoms. The molecule has 2 aromatic carbocycles. The molecule has 1 aliphatic rings. The van der Waals surface area contributed by atoms with Crippen LogP contribution >= 0.6 is 0 Å². The van der Waals surface area contributed by atoms with Crippen molar-refractivity contribution in [1.82, 2.24) is 0 Å². The fourth-order valence-corrected chi connectivity index (χ4v) is 2.19. The largest absolute Gasteiger partial charge is 0.508 e. The molecule has 0 aromatic heterocycles. The number of hydrogen-bond donors (Lipinski definition) is 2. The van der Waals surface area contributed by atoms with Gasteiger partial charge in [0, 0.05) is 28.8 Å². The van der Waals surface area contributed by atoms with Crippen LogP contribution in [0, 0.1) is 0 Å². The molecule has 2 aromatic rings. The van der Waals surface area contributed by atoms with Crippen molar-refractivity contribution in [2.45, 2.75) is 6.61 Å². The molecule has 0 atom stereocenters. The van der Waals surface area contributed by atoms with E-state index in [-0.39, 0.29) is 11.5 Å². The molecule has 0 spiro atoms. The van der Waals surface area contributed by atoms with E-state index in [0.29, 0.717) is 18.1 Å². The first-order chi connectivity index (χ1) is 8.69. The standard InChI is InChI=1S/C14H12O4/c1-17-10-4-8-7-18-13-5-9(15)2-3-11(13)14(8)12(16)6-10/h2-6,15-16H,7H2,1H3. The lowest BCUT2D eigenvalue weighted by atomic mass is 9.95. The lowest BCUT2D eigenvalue weighted by Crippen LogP contribution is -2.05. The van der Waals surface area contributed by atoms with Crippen molar-refractivity contribution < 1.29 is 19.7 Å². The lowest BCUT2D eigenvalue weighted by molar-refractivity contribution is 0.298. The Hall–Kier alpha value is -2.36. The summed E-state index contributed by atoms with van der Waals surface area (Å²) >= 11 is 0. The van der Waals surface area contributed by atoms with E-state index >= 15 is 0 Å². The summed E-state index contributed by atoms with van der Waals surface area (Å²) in [6, 6.07) is 8.25. The van der Waals surface area contributed by atoms with Gasteiger partial charge in [0.1, 0.15) is 29.6 Å². The van der Waals surface area contributed by atoms with E-state index in [2.05, 4.69) is 0 Å².